The van der Waals surface area contributed by atoms with Crippen LogP contribution in [0.15, 0.2) is 24.3 Å². The van der Waals surface area contributed by atoms with Gasteiger partial charge < -0.3 is 14.8 Å². The maximum Gasteiger partial charge on any atom is 0.338 e. The number of carbonyl (C=O) groups is 3. The molecule has 3 amide bonds. The molecule has 2 N–H and O–H groups in total. The molecule has 1 aromatic rings. The molecule has 0 saturated carbocycles. The minimum Gasteiger partial charge on any atom is -0.449 e. The van der Waals surface area contributed by atoms with Crippen LogP contribution < -0.4 is 10.6 Å². The van der Waals surface area contributed by atoms with Gasteiger partial charge in [0, 0.05) is 14.2 Å². The van der Waals surface area contributed by atoms with Crippen LogP contribution in [0.25, 0.3) is 0 Å². The van der Waals surface area contributed by atoms with E-state index < -0.39 is 24.0 Å². The Morgan fingerprint density at radius 3 is 2.62 bits per heavy atom. The van der Waals surface area contributed by atoms with E-state index in [1.807, 2.05) is 11.4 Å². The van der Waals surface area contributed by atoms with Crippen molar-refractivity contribution in [2.75, 3.05) is 14.2 Å². The molecule has 0 aliphatic rings. The smallest absolute Gasteiger partial charge is 0.338 e. The number of imide groups is 1. The molecule has 1 aromatic carbocycles. The number of amides is 3. The molecular formula is C14H18N2O5. The molecule has 0 aromatic heterocycles. The highest BCUT2D eigenvalue weighted by atomic mass is 16.5. The van der Waals surface area contributed by atoms with Gasteiger partial charge in [0.05, 0.1) is 12.2 Å². The van der Waals surface area contributed by atoms with E-state index in [4.69, 9.17) is 9.47 Å². The Hall–Kier alpha value is -2.41. The van der Waals surface area contributed by atoms with Gasteiger partial charge >= 0.3 is 12.0 Å². The summed E-state index contributed by atoms with van der Waals surface area (Å²) in [6.07, 6.45) is -1.08. The Kier molecular flexibility index (Phi) is 6.35. The molecule has 0 saturated heterocycles. The fraction of sp³-hybridized carbons (Fsp3) is 0.357. The molecule has 1 rings (SSSR count). The molecule has 114 valence electrons. The van der Waals surface area contributed by atoms with E-state index in [1.54, 1.807) is 25.3 Å². The van der Waals surface area contributed by atoms with Crippen molar-refractivity contribution in [2.24, 2.45) is 0 Å². The summed E-state index contributed by atoms with van der Waals surface area (Å²) in [4.78, 5) is 34.5. The number of hydrogen-bond acceptors (Lipinski definition) is 5. The minimum atomic E-state index is -1.08. The average molecular weight is 294 g/mol. The third-order valence-corrected chi connectivity index (χ3v) is 2.59. The minimum absolute atomic E-state index is 0.309. The van der Waals surface area contributed by atoms with Crippen molar-refractivity contribution < 1.29 is 23.9 Å². The third kappa shape index (κ3) is 5.23. The Morgan fingerprint density at radius 2 is 2.00 bits per heavy atom. The van der Waals surface area contributed by atoms with Crippen LogP contribution in [0.5, 0.6) is 0 Å². The van der Waals surface area contributed by atoms with Gasteiger partial charge in [0.15, 0.2) is 6.10 Å². The van der Waals surface area contributed by atoms with Gasteiger partial charge in [-0.2, -0.15) is 0 Å². The van der Waals surface area contributed by atoms with Crippen molar-refractivity contribution >= 4 is 17.9 Å². The number of nitrogens with one attached hydrogen (secondary N) is 2. The van der Waals surface area contributed by atoms with E-state index in [0.717, 1.165) is 5.56 Å². The highest BCUT2D eigenvalue weighted by molar-refractivity contribution is 5.98. The Balaban J connectivity index is 2.65. The molecule has 1 atom stereocenters. The summed E-state index contributed by atoms with van der Waals surface area (Å²) in [5.41, 5.74) is 1.12. The fourth-order valence-electron chi connectivity index (χ4n) is 1.51. The maximum absolute atomic E-state index is 11.9. The van der Waals surface area contributed by atoms with E-state index in [0.29, 0.717) is 12.2 Å². The van der Waals surface area contributed by atoms with Gasteiger partial charge in [0.1, 0.15) is 0 Å². The zero-order valence-corrected chi connectivity index (χ0v) is 12.1. The highest BCUT2D eigenvalue weighted by Crippen LogP contribution is 2.09. The van der Waals surface area contributed by atoms with Crippen LogP contribution in [0.3, 0.4) is 0 Å². The number of esters is 1. The van der Waals surface area contributed by atoms with Crippen molar-refractivity contribution in [2.45, 2.75) is 19.6 Å². The van der Waals surface area contributed by atoms with E-state index in [-0.39, 0.29) is 0 Å². The molecule has 0 bridgehead atoms. The molecule has 0 aliphatic carbocycles. The largest absolute Gasteiger partial charge is 0.449 e. The van der Waals surface area contributed by atoms with Gasteiger partial charge in [-0.3, -0.25) is 10.1 Å². The third-order valence-electron chi connectivity index (χ3n) is 2.59. The van der Waals surface area contributed by atoms with Gasteiger partial charge in [-0.25, -0.2) is 9.59 Å². The van der Waals surface area contributed by atoms with Crippen LogP contribution in [0.4, 0.5) is 4.79 Å². The van der Waals surface area contributed by atoms with Crippen LogP contribution >= 0.6 is 0 Å². The lowest BCUT2D eigenvalue weighted by atomic mass is 10.1. The van der Waals surface area contributed by atoms with Crippen LogP contribution in [0.2, 0.25) is 0 Å². The highest BCUT2D eigenvalue weighted by Gasteiger charge is 2.20. The number of ether oxygens (including phenoxy) is 2. The summed E-state index contributed by atoms with van der Waals surface area (Å²) in [6, 6.07) is 6.03. The Bertz CT molecular complexity index is 530. The van der Waals surface area contributed by atoms with Crippen LogP contribution in [0.1, 0.15) is 22.8 Å². The van der Waals surface area contributed by atoms with Crippen molar-refractivity contribution in [3.63, 3.8) is 0 Å². The quantitative estimate of drug-likeness (QED) is 0.785. The molecule has 7 heteroatoms. The van der Waals surface area contributed by atoms with Gasteiger partial charge in [-0.15, -0.1) is 0 Å². The van der Waals surface area contributed by atoms with Crippen molar-refractivity contribution in [1.29, 1.82) is 0 Å². The first kappa shape index (κ1) is 16.6. The Labute approximate surface area is 122 Å². The van der Waals surface area contributed by atoms with Crippen molar-refractivity contribution in [3.05, 3.63) is 35.4 Å². The van der Waals surface area contributed by atoms with E-state index in [2.05, 4.69) is 5.32 Å². The molecule has 0 fully saturated rings. The van der Waals surface area contributed by atoms with Gasteiger partial charge in [-0.1, -0.05) is 12.1 Å². The fourth-order valence-corrected chi connectivity index (χ4v) is 1.51. The van der Waals surface area contributed by atoms with E-state index in [1.165, 1.54) is 14.0 Å². The standard InChI is InChI=1S/C14H18N2O5/c1-9(12(17)16-14(19)15-2)21-13(18)11-6-4-5-10(7-11)8-20-3/h4-7,9H,8H2,1-3H3,(H2,15,16,17,19)/t9-/m1/s1. The zero-order valence-electron chi connectivity index (χ0n) is 12.1. The summed E-state index contributed by atoms with van der Waals surface area (Å²) in [7, 11) is 2.93. The lowest BCUT2D eigenvalue weighted by Crippen LogP contribution is -2.43. The van der Waals surface area contributed by atoms with E-state index >= 15 is 0 Å². The summed E-state index contributed by atoms with van der Waals surface area (Å²) in [5.74, 6) is -1.34. The zero-order chi connectivity index (χ0) is 15.8. The second kappa shape index (κ2) is 8.01. The summed E-state index contributed by atoms with van der Waals surface area (Å²) < 4.78 is 9.98. The predicted molar refractivity (Wildman–Crippen MR) is 74.6 cm³/mol. The molecule has 7 nitrogen and oxygen atoms in total. The Morgan fingerprint density at radius 1 is 1.29 bits per heavy atom. The number of methoxy groups -OCH3 is 1. The number of rotatable bonds is 5. The van der Waals surface area contributed by atoms with Gasteiger partial charge in [-0.05, 0) is 24.6 Å². The summed E-state index contributed by atoms with van der Waals surface area (Å²) in [5, 5.41) is 4.26. The monoisotopic (exact) mass is 294 g/mol. The molecule has 0 aliphatic heterocycles. The molecule has 0 spiro atoms. The molecule has 0 heterocycles. The van der Waals surface area contributed by atoms with Crippen LogP contribution in [-0.4, -0.2) is 38.2 Å². The molecule has 0 radical (unpaired) electrons. The topological polar surface area (TPSA) is 93.7 Å². The maximum atomic E-state index is 11.9. The second-order valence-corrected chi connectivity index (χ2v) is 4.25. The normalized spacial score (nSPS) is 11.4. The first-order valence-electron chi connectivity index (χ1n) is 6.29. The van der Waals surface area contributed by atoms with Gasteiger partial charge in [0.2, 0.25) is 0 Å². The predicted octanol–water partition coefficient (Wildman–Crippen LogP) is 0.834. The van der Waals surface area contributed by atoms with E-state index in [9.17, 15) is 14.4 Å². The second-order valence-electron chi connectivity index (χ2n) is 4.25. The van der Waals surface area contributed by atoms with Crippen LogP contribution in [-0.2, 0) is 20.9 Å². The number of hydrogen-bond donors (Lipinski definition) is 2. The lowest BCUT2D eigenvalue weighted by Gasteiger charge is -2.13. The first-order valence-corrected chi connectivity index (χ1v) is 6.29. The summed E-state index contributed by atoms with van der Waals surface area (Å²) >= 11 is 0. The molecule has 21 heavy (non-hydrogen) atoms. The molecular weight excluding hydrogens is 276 g/mol. The first-order chi connectivity index (χ1) is 9.97. The summed E-state index contributed by atoms with van der Waals surface area (Å²) in [6.45, 7) is 1.75. The van der Waals surface area contributed by atoms with Gasteiger partial charge in [0.25, 0.3) is 5.91 Å². The van der Waals surface area contributed by atoms with Crippen LogP contribution in [0, 0.1) is 0 Å². The van der Waals surface area contributed by atoms with Crippen molar-refractivity contribution in [3.8, 4) is 0 Å². The molecule has 0 unspecified atom stereocenters. The number of benzene rings is 1. The number of urea groups is 1. The average Bonchev–Trinajstić information content (AvgIpc) is 2.47. The van der Waals surface area contributed by atoms with Crippen molar-refractivity contribution in [1.82, 2.24) is 10.6 Å². The SMILES string of the molecule is CNC(=O)NC(=O)[C@@H](C)OC(=O)c1cccc(COC)c1. The number of carbonyl (C=O) groups excluding carboxylic acids is 3. The lowest BCUT2D eigenvalue weighted by molar-refractivity contribution is -0.127.